The van der Waals surface area contributed by atoms with Crippen LogP contribution in [0.2, 0.25) is 0 Å². The van der Waals surface area contributed by atoms with Crippen LogP contribution >= 0.6 is 0 Å². The third kappa shape index (κ3) is 3.55. The molecule has 3 heteroatoms. The van der Waals surface area contributed by atoms with Crippen LogP contribution in [0.1, 0.15) is 25.5 Å². The van der Waals surface area contributed by atoms with Gasteiger partial charge in [0.1, 0.15) is 0 Å². The van der Waals surface area contributed by atoms with E-state index in [9.17, 15) is 0 Å². The molecule has 0 aromatic heterocycles. The molecule has 1 heterocycles. The van der Waals surface area contributed by atoms with E-state index in [0.717, 1.165) is 32.8 Å². The Hall–Kier alpha value is -0.900. The standard InChI is InChI=1S/C15H24N2O/c1-3-16-15(14-7-5-4-6-8-14)11-17-9-10-18-12-13(17)2/h4-8,13,15-16H,3,9-12H2,1-2H3. The van der Waals surface area contributed by atoms with E-state index in [-0.39, 0.29) is 0 Å². The van der Waals surface area contributed by atoms with Crippen LogP contribution in [-0.2, 0) is 4.74 Å². The van der Waals surface area contributed by atoms with Crippen LogP contribution in [0.15, 0.2) is 30.3 Å². The van der Waals surface area contributed by atoms with E-state index in [1.54, 1.807) is 0 Å². The van der Waals surface area contributed by atoms with Crippen molar-refractivity contribution in [3.05, 3.63) is 35.9 Å². The monoisotopic (exact) mass is 248 g/mol. The molecule has 3 nitrogen and oxygen atoms in total. The molecule has 0 saturated carbocycles. The van der Waals surface area contributed by atoms with Crippen molar-refractivity contribution in [2.24, 2.45) is 0 Å². The Morgan fingerprint density at radius 3 is 2.83 bits per heavy atom. The average molecular weight is 248 g/mol. The van der Waals surface area contributed by atoms with Crippen LogP contribution in [0.25, 0.3) is 0 Å². The highest BCUT2D eigenvalue weighted by Crippen LogP contribution is 2.17. The number of hydrogen-bond donors (Lipinski definition) is 1. The molecule has 0 bridgehead atoms. The Balaban J connectivity index is 2.01. The van der Waals surface area contributed by atoms with Crippen molar-refractivity contribution in [3.8, 4) is 0 Å². The molecule has 2 atom stereocenters. The van der Waals surface area contributed by atoms with Crippen LogP contribution in [0.4, 0.5) is 0 Å². The lowest BCUT2D eigenvalue weighted by molar-refractivity contribution is -0.00442. The smallest absolute Gasteiger partial charge is 0.0619 e. The quantitative estimate of drug-likeness (QED) is 0.863. The number of benzene rings is 1. The van der Waals surface area contributed by atoms with Crippen molar-refractivity contribution in [2.75, 3.05) is 32.8 Å². The maximum absolute atomic E-state index is 5.50. The molecule has 1 aromatic rings. The number of ether oxygens (including phenoxy) is 1. The summed E-state index contributed by atoms with van der Waals surface area (Å²) in [5.41, 5.74) is 1.37. The van der Waals surface area contributed by atoms with Crippen molar-refractivity contribution in [2.45, 2.75) is 25.9 Å². The number of morpholine rings is 1. The summed E-state index contributed by atoms with van der Waals surface area (Å²) in [6.45, 7) is 9.22. The van der Waals surface area contributed by atoms with Gasteiger partial charge in [-0.05, 0) is 19.0 Å². The molecule has 1 aliphatic heterocycles. The van der Waals surface area contributed by atoms with Gasteiger partial charge in [0, 0.05) is 25.2 Å². The van der Waals surface area contributed by atoms with E-state index in [2.05, 4.69) is 54.4 Å². The van der Waals surface area contributed by atoms with E-state index >= 15 is 0 Å². The van der Waals surface area contributed by atoms with Gasteiger partial charge in [-0.15, -0.1) is 0 Å². The second-order valence-electron chi connectivity index (χ2n) is 4.94. The van der Waals surface area contributed by atoms with Gasteiger partial charge in [-0.3, -0.25) is 4.90 Å². The molecule has 0 spiro atoms. The zero-order valence-electron chi connectivity index (χ0n) is 11.4. The molecule has 100 valence electrons. The van der Waals surface area contributed by atoms with Crippen molar-refractivity contribution >= 4 is 0 Å². The summed E-state index contributed by atoms with van der Waals surface area (Å²) >= 11 is 0. The third-order valence-electron chi connectivity index (χ3n) is 3.57. The van der Waals surface area contributed by atoms with E-state index in [1.165, 1.54) is 5.56 Å². The van der Waals surface area contributed by atoms with Gasteiger partial charge in [-0.1, -0.05) is 37.3 Å². The first-order valence-electron chi connectivity index (χ1n) is 6.91. The Morgan fingerprint density at radius 1 is 1.39 bits per heavy atom. The molecule has 1 aliphatic rings. The van der Waals surface area contributed by atoms with Gasteiger partial charge in [0.2, 0.25) is 0 Å². The molecule has 2 rings (SSSR count). The minimum absolute atomic E-state index is 0.414. The Labute approximate surface area is 110 Å². The fraction of sp³-hybridized carbons (Fsp3) is 0.600. The molecule has 0 aliphatic carbocycles. The number of likely N-dealkylation sites (N-methyl/N-ethyl adjacent to an activating group) is 1. The molecular weight excluding hydrogens is 224 g/mol. The molecule has 18 heavy (non-hydrogen) atoms. The van der Waals surface area contributed by atoms with Crippen molar-refractivity contribution in [1.82, 2.24) is 10.2 Å². The van der Waals surface area contributed by atoms with Crippen molar-refractivity contribution < 1.29 is 4.74 Å². The van der Waals surface area contributed by atoms with Gasteiger partial charge >= 0.3 is 0 Å². The summed E-state index contributed by atoms with van der Waals surface area (Å²) in [5.74, 6) is 0. The molecule has 1 N–H and O–H groups in total. The van der Waals surface area contributed by atoms with Gasteiger partial charge in [-0.25, -0.2) is 0 Å². The fourth-order valence-corrected chi connectivity index (χ4v) is 2.49. The van der Waals surface area contributed by atoms with Crippen LogP contribution < -0.4 is 5.32 Å². The second kappa shape index (κ2) is 6.88. The first kappa shape index (κ1) is 13.5. The highest BCUT2D eigenvalue weighted by atomic mass is 16.5. The first-order chi connectivity index (χ1) is 8.81. The lowest BCUT2D eigenvalue weighted by Crippen LogP contribution is -2.47. The second-order valence-corrected chi connectivity index (χ2v) is 4.94. The summed E-state index contributed by atoms with van der Waals surface area (Å²) in [6.07, 6.45) is 0. The SMILES string of the molecule is CCNC(CN1CCOCC1C)c1ccccc1. The van der Waals surface area contributed by atoms with Crippen LogP contribution in [-0.4, -0.2) is 43.8 Å². The zero-order chi connectivity index (χ0) is 12.8. The minimum Gasteiger partial charge on any atom is -0.379 e. The predicted molar refractivity (Wildman–Crippen MR) is 74.7 cm³/mol. The van der Waals surface area contributed by atoms with Gasteiger partial charge in [0.05, 0.1) is 13.2 Å². The summed E-state index contributed by atoms with van der Waals surface area (Å²) in [6, 6.07) is 11.6. The molecular formula is C15H24N2O. The minimum atomic E-state index is 0.414. The number of nitrogens with zero attached hydrogens (tertiary/aromatic N) is 1. The fourth-order valence-electron chi connectivity index (χ4n) is 2.49. The predicted octanol–water partition coefficient (Wildman–Crippen LogP) is 2.06. The van der Waals surface area contributed by atoms with Gasteiger partial charge in [0.15, 0.2) is 0 Å². The Kier molecular flexibility index (Phi) is 5.17. The molecule has 2 unspecified atom stereocenters. The highest BCUT2D eigenvalue weighted by molar-refractivity contribution is 5.19. The molecule has 1 aromatic carbocycles. The maximum atomic E-state index is 5.50. The van der Waals surface area contributed by atoms with Crippen LogP contribution in [0.5, 0.6) is 0 Å². The van der Waals surface area contributed by atoms with E-state index in [4.69, 9.17) is 4.74 Å². The highest BCUT2D eigenvalue weighted by Gasteiger charge is 2.22. The summed E-state index contributed by atoms with van der Waals surface area (Å²) < 4.78 is 5.50. The number of nitrogens with one attached hydrogen (secondary N) is 1. The maximum Gasteiger partial charge on any atom is 0.0619 e. The lowest BCUT2D eigenvalue weighted by atomic mass is 10.1. The van der Waals surface area contributed by atoms with Crippen molar-refractivity contribution in [3.63, 3.8) is 0 Å². The van der Waals surface area contributed by atoms with E-state index in [1.807, 2.05) is 0 Å². The number of rotatable bonds is 5. The van der Waals surface area contributed by atoms with Crippen LogP contribution in [0, 0.1) is 0 Å². The van der Waals surface area contributed by atoms with Gasteiger partial charge < -0.3 is 10.1 Å². The van der Waals surface area contributed by atoms with E-state index < -0.39 is 0 Å². The molecule has 1 fully saturated rings. The van der Waals surface area contributed by atoms with Crippen LogP contribution in [0.3, 0.4) is 0 Å². The largest absolute Gasteiger partial charge is 0.379 e. The van der Waals surface area contributed by atoms with Gasteiger partial charge in [-0.2, -0.15) is 0 Å². The van der Waals surface area contributed by atoms with Gasteiger partial charge in [0.25, 0.3) is 0 Å². The number of hydrogen-bond acceptors (Lipinski definition) is 3. The summed E-state index contributed by atoms with van der Waals surface area (Å²) in [4.78, 5) is 2.52. The van der Waals surface area contributed by atoms with Crippen molar-refractivity contribution in [1.29, 1.82) is 0 Å². The molecule has 0 amide bonds. The first-order valence-corrected chi connectivity index (χ1v) is 6.91. The lowest BCUT2D eigenvalue weighted by Gasteiger charge is -2.36. The summed E-state index contributed by atoms with van der Waals surface area (Å²) in [5, 5.41) is 3.58. The van der Waals surface area contributed by atoms with E-state index in [0.29, 0.717) is 12.1 Å². The normalized spacial score (nSPS) is 22.9. The Bertz CT molecular complexity index is 342. The average Bonchev–Trinajstić information content (AvgIpc) is 2.42. The molecule has 1 saturated heterocycles. The Morgan fingerprint density at radius 2 is 2.17 bits per heavy atom. The zero-order valence-corrected chi connectivity index (χ0v) is 11.4. The summed E-state index contributed by atoms with van der Waals surface area (Å²) in [7, 11) is 0. The topological polar surface area (TPSA) is 24.5 Å². The third-order valence-corrected chi connectivity index (χ3v) is 3.57. The molecule has 0 radical (unpaired) electrons.